The van der Waals surface area contributed by atoms with E-state index < -0.39 is 11.9 Å². The first-order chi connectivity index (χ1) is 26.3. The monoisotopic (exact) mass is 731 g/mol. The zero-order valence-electron chi connectivity index (χ0n) is 29.8. The van der Waals surface area contributed by atoms with Crippen LogP contribution in [0.5, 0.6) is 5.75 Å². The average Bonchev–Trinajstić information content (AvgIpc) is 3.94. The number of halogens is 1. The van der Waals surface area contributed by atoms with Crippen molar-refractivity contribution in [2.45, 2.75) is 44.3 Å². The molecule has 13 nitrogen and oxygen atoms in total. The van der Waals surface area contributed by atoms with Crippen molar-refractivity contribution in [2.75, 3.05) is 50.8 Å². The second-order valence-corrected chi connectivity index (χ2v) is 14.1. The molecular weight excluding hydrogens is 689 g/mol. The number of aromatic amines is 1. The highest BCUT2D eigenvalue weighted by Gasteiger charge is 2.39. The fraction of sp³-hybridized carbons (Fsp3) is 0.350. The second-order valence-electron chi connectivity index (χ2n) is 14.1. The predicted octanol–water partition coefficient (Wildman–Crippen LogP) is 4.40. The highest BCUT2D eigenvalue weighted by Crippen LogP contribution is 2.33. The number of hydrogen-bond donors (Lipinski definition) is 3. The number of pyridine rings is 1. The van der Waals surface area contributed by atoms with Gasteiger partial charge < -0.3 is 24.4 Å². The Balaban J connectivity index is 0.807. The number of carbonyl (C=O) groups excluding carboxylic acids is 3. The molecule has 0 spiro atoms. The fourth-order valence-corrected chi connectivity index (χ4v) is 7.80. The number of H-pyrrole nitrogens is 1. The number of imidazole rings is 1. The number of benzene rings is 2. The summed E-state index contributed by atoms with van der Waals surface area (Å²) in [6, 6.07) is 17.4. The molecule has 4 aliphatic rings. The van der Waals surface area contributed by atoms with Crippen LogP contribution in [0.1, 0.15) is 59.0 Å². The van der Waals surface area contributed by atoms with E-state index in [1.165, 1.54) is 6.07 Å². The molecule has 2 aromatic heterocycles. The molecule has 14 heteroatoms. The molecule has 0 aliphatic carbocycles. The maximum absolute atomic E-state index is 13.9. The number of hydrogen-bond acceptors (Lipinski definition) is 9. The van der Waals surface area contributed by atoms with Crippen molar-refractivity contribution in [3.63, 3.8) is 0 Å². The lowest BCUT2D eigenvalue weighted by Crippen LogP contribution is -2.52. The minimum atomic E-state index is -0.637. The van der Waals surface area contributed by atoms with Crippen molar-refractivity contribution in [1.82, 2.24) is 35.0 Å². The lowest BCUT2D eigenvalue weighted by molar-refractivity contribution is -0.136. The van der Waals surface area contributed by atoms with Crippen LogP contribution in [0, 0.1) is 11.2 Å². The lowest BCUT2D eigenvalue weighted by Gasteiger charge is -2.35. The number of piperidine rings is 1. The molecule has 6 heterocycles. The molecular formula is C40H42FN9O4. The number of aromatic nitrogens is 3. The van der Waals surface area contributed by atoms with E-state index in [-0.39, 0.29) is 30.1 Å². The van der Waals surface area contributed by atoms with Crippen LogP contribution < -0.4 is 15.0 Å². The van der Waals surface area contributed by atoms with Gasteiger partial charge in [0.15, 0.2) is 0 Å². The van der Waals surface area contributed by atoms with E-state index in [1.54, 1.807) is 47.5 Å². The SMILES string of the molecule is N=C(/C=C\c1ncc(-c2cccc(N3CCN(CCOc4ccc5c(c4)CN(C4CCC(=O)NC4=O)C5=O)CC3)n2)[nH]1)N1CCCC1c1cccc(F)c1. The zero-order valence-corrected chi connectivity index (χ0v) is 29.8. The summed E-state index contributed by atoms with van der Waals surface area (Å²) in [5, 5.41) is 11.0. The number of piperazine rings is 1. The lowest BCUT2D eigenvalue weighted by atomic mass is 10.0. The van der Waals surface area contributed by atoms with Crippen molar-refractivity contribution >= 4 is 35.5 Å². The Morgan fingerprint density at radius 2 is 1.83 bits per heavy atom. The molecule has 0 radical (unpaired) electrons. The molecule has 2 aromatic carbocycles. The first kappa shape index (κ1) is 35.2. The first-order valence-electron chi connectivity index (χ1n) is 18.5. The van der Waals surface area contributed by atoms with E-state index in [1.807, 2.05) is 35.2 Å². The third kappa shape index (κ3) is 7.47. The van der Waals surface area contributed by atoms with Crippen molar-refractivity contribution < 1.29 is 23.5 Å². The number of nitrogens with one attached hydrogen (secondary N) is 3. The normalized spacial score (nSPS) is 20.5. The van der Waals surface area contributed by atoms with Crippen molar-refractivity contribution in [2.24, 2.45) is 0 Å². The molecule has 3 fully saturated rings. The summed E-state index contributed by atoms with van der Waals surface area (Å²) in [5.74, 6) is 1.40. The highest BCUT2D eigenvalue weighted by atomic mass is 19.1. The number of likely N-dealkylation sites (tertiary alicyclic amines) is 1. The molecule has 0 bridgehead atoms. The fourth-order valence-electron chi connectivity index (χ4n) is 7.80. The molecule has 3 N–H and O–H groups in total. The van der Waals surface area contributed by atoms with Gasteiger partial charge in [-0.15, -0.1) is 0 Å². The number of ether oxygens (including phenoxy) is 1. The Labute approximate surface area is 312 Å². The molecule has 3 saturated heterocycles. The van der Waals surface area contributed by atoms with Crippen LogP contribution in [-0.4, -0.2) is 105 Å². The van der Waals surface area contributed by atoms with E-state index >= 15 is 0 Å². The molecule has 4 aromatic rings. The van der Waals surface area contributed by atoms with Gasteiger partial charge in [0.2, 0.25) is 11.8 Å². The van der Waals surface area contributed by atoms with E-state index in [0.29, 0.717) is 42.5 Å². The standard InChI is InChI=1S/C40H42FN9O4/c41-28-5-1-4-26(22-28)33-7-3-15-49(33)35(42)12-13-36-43-24-32(44-36)31-6-2-8-37(45-31)48-18-16-47(17-19-48)20-21-54-29-9-10-30-27(23-29)25-50(40(30)53)34-11-14-38(51)46-39(34)52/h1-2,4-6,8-10,12-13,22-24,33-34,42H,3,7,11,14-21,25H2,(H,43,44)(H,46,51,52)/b13-12-,42-35?. The van der Waals surface area contributed by atoms with Crippen molar-refractivity contribution in [3.05, 3.63) is 101 Å². The first-order valence-corrected chi connectivity index (χ1v) is 18.5. The van der Waals surface area contributed by atoms with Crippen LogP contribution in [0.25, 0.3) is 17.5 Å². The number of amides is 3. The van der Waals surface area contributed by atoms with E-state index in [2.05, 4.69) is 25.1 Å². The van der Waals surface area contributed by atoms with Gasteiger partial charge >= 0.3 is 0 Å². The summed E-state index contributed by atoms with van der Waals surface area (Å²) in [7, 11) is 0. The summed E-state index contributed by atoms with van der Waals surface area (Å²) in [6.45, 7) is 5.68. The quantitative estimate of drug-likeness (QED) is 0.123. The molecule has 8 rings (SSSR count). The van der Waals surface area contributed by atoms with E-state index in [4.69, 9.17) is 15.1 Å². The Kier molecular flexibility index (Phi) is 9.91. The van der Waals surface area contributed by atoms with Gasteiger partial charge in [0.05, 0.1) is 23.6 Å². The third-order valence-corrected chi connectivity index (χ3v) is 10.7. The summed E-state index contributed by atoms with van der Waals surface area (Å²) in [4.78, 5) is 57.9. The minimum Gasteiger partial charge on any atom is -0.492 e. The van der Waals surface area contributed by atoms with Crippen molar-refractivity contribution in [1.29, 1.82) is 5.41 Å². The Hall–Kier alpha value is -5.89. The van der Waals surface area contributed by atoms with E-state index in [9.17, 15) is 18.8 Å². The number of carbonyl (C=O) groups is 3. The molecule has 4 aliphatic heterocycles. The molecule has 278 valence electrons. The van der Waals surface area contributed by atoms with Crippen molar-refractivity contribution in [3.8, 4) is 17.1 Å². The van der Waals surface area contributed by atoms with Crippen LogP contribution >= 0.6 is 0 Å². The molecule has 3 amide bonds. The van der Waals surface area contributed by atoms with Gasteiger partial charge in [0.25, 0.3) is 5.91 Å². The topological polar surface area (TPSA) is 151 Å². The zero-order chi connectivity index (χ0) is 37.2. The largest absolute Gasteiger partial charge is 0.492 e. The number of fused-ring (bicyclic) bond motifs is 1. The number of rotatable bonds is 10. The summed E-state index contributed by atoms with van der Waals surface area (Å²) in [6.07, 6.45) is 7.68. The summed E-state index contributed by atoms with van der Waals surface area (Å²) < 4.78 is 19.9. The smallest absolute Gasteiger partial charge is 0.255 e. The molecule has 2 atom stereocenters. The molecule has 54 heavy (non-hydrogen) atoms. The van der Waals surface area contributed by atoms with Crippen LogP contribution in [0.15, 0.2) is 72.9 Å². The third-order valence-electron chi connectivity index (χ3n) is 10.7. The summed E-state index contributed by atoms with van der Waals surface area (Å²) in [5.41, 5.74) is 3.85. The number of nitrogens with zero attached hydrogens (tertiary/aromatic N) is 6. The van der Waals surface area contributed by atoms with Gasteiger partial charge in [-0.05, 0) is 85.0 Å². The molecule has 2 unspecified atom stereocenters. The van der Waals surface area contributed by atoms with Crippen LogP contribution in [0.2, 0.25) is 0 Å². The maximum Gasteiger partial charge on any atom is 0.255 e. The maximum atomic E-state index is 13.9. The van der Waals surface area contributed by atoms with Crippen LogP contribution in [0.3, 0.4) is 0 Å². The van der Waals surface area contributed by atoms with E-state index in [0.717, 1.165) is 80.4 Å². The van der Waals surface area contributed by atoms with Gasteiger partial charge in [-0.1, -0.05) is 18.2 Å². The number of anilines is 1. The Morgan fingerprint density at radius 1 is 0.981 bits per heavy atom. The highest BCUT2D eigenvalue weighted by molar-refractivity contribution is 6.05. The predicted molar refractivity (Wildman–Crippen MR) is 200 cm³/mol. The minimum absolute atomic E-state index is 0.0142. The van der Waals surface area contributed by atoms with Crippen LogP contribution in [-0.2, 0) is 16.1 Å². The van der Waals surface area contributed by atoms with Gasteiger partial charge in [-0.2, -0.15) is 0 Å². The second kappa shape index (κ2) is 15.2. The van der Waals surface area contributed by atoms with Crippen LogP contribution in [0.4, 0.5) is 10.2 Å². The Morgan fingerprint density at radius 3 is 2.67 bits per heavy atom. The van der Waals surface area contributed by atoms with Gasteiger partial charge in [0, 0.05) is 57.8 Å². The molecule has 0 saturated carbocycles. The Bertz CT molecular complexity index is 2110. The average molecular weight is 732 g/mol. The van der Waals surface area contributed by atoms with Gasteiger partial charge in [-0.25, -0.2) is 14.4 Å². The van der Waals surface area contributed by atoms with Gasteiger partial charge in [-0.3, -0.25) is 30.0 Å². The number of imide groups is 1. The number of amidine groups is 1. The van der Waals surface area contributed by atoms with Gasteiger partial charge in [0.1, 0.15) is 41.7 Å². The summed E-state index contributed by atoms with van der Waals surface area (Å²) >= 11 is 0.